The maximum absolute atomic E-state index is 12.3. The number of nitrogens with one attached hydrogen (secondary N) is 3. The molecule has 0 saturated carbocycles. The molecule has 3 aromatic rings. The van der Waals surface area contributed by atoms with E-state index in [-0.39, 0.29) is 22.5 Å². The highest BCUT2D eigenvalue weighted by molar-refractivity contribution is 7.89. The Kier molecular flexibility index (Phi) is 6.42. The minimum Gasteiger partial charge on any atom is -0.468 e. The zero-order valence-corrected chi connectivity index (χ0v) is 17.1. The molecule has 3 N–H and O–H groups in total. The zero-order valence-electron chi connectivity index (χ0n) is 15.5. The van der Waals surface area contributed by atoms with Crippen LogP contribution in [0, 0.1) is 6.92 Å². The first-order valence-electron chi connectivity index (χ1n) is 8.65. The topological polar surface area (TPSA) is 100 Å². The second kappa shape index (κ2) is 8.99. The lowest BCUT2D eigenvalue weighted by atomic mass is 10.1. The fourth-order valence-electron chi connectivity index (χ4n) is 2.54. The third-order valence-electron chi connectivity index (χ3n) is 4.06. The predicted molar refractivity (Wildman–Crippen MR) is 114 cm³/mol. The van der Waals surface area contributed by atoms with Crippen molar-refractivity contribution in [2.45, 2.75) is 18.4 Å². The Morgan fingerprint density at radius 1 is 1.03 bits per heavy atom. The minimum atomic E-state index is -3.68. The molecule has 29 heavy (non-hydrogen) atoms. The highest BCUT2D eigenvalue weighted by Gasteiger charge is 2.15. The van der Waals surface area contributed by atoms with Gasteiger partial charge in [0.05, 0.1) is 17.7 Å². The number of furan rings is 1. The molecule has 2 aromatic carbocycles. The van der Waals surface area contributed by atoms with Crippen LogP contribution < -0.4 is 15.4 Å². The van der Waals surface area contributed by atoms with Crippen molar-refractivity contribution in [3.8, 4) is 0 Å². The summed E-state index contributed by atoms with van der Waals surface area (Å²) in [4.78, 5) is 12.4. The van der Waals surface area contributed by atoms with Crippen LogP contribution in [-0.2, 0) is 16.6 Å². The molecule has 1 amide bonds. The van der Waals surface area contributed by atoms with E-state index in [1.165, 1.54) is 18.4 Å². The Hall–Kier alpha value is -3.01. The monoisotopic (exact) mass is 429 g/mol. The Labute approximate surface area is 174 Å². The van der Waals surface area contributed by atoms with E-state index in [1.807, 2.05) is 19.1 Å². The molecule has 7 nitrogen and oxygen atoms in total. The van der Waals surface area contributed by atoms with E-state index in [9.17, 15) is 13.2 Å². The Morgan fingerprint density at radius 2 is 1.76 bits per heavy atom. The molecule has 0 atom stereocenters. The van der Waals surface area contributed by atoms with Crippen LogP contribution in [0.25, 0.3) is 0 Å². The van der Waals surface area contributed by atoms with E-state index >= 15 is 0 Å². The number of carbonyl (C=O) groups is 1. The maximum Gasteiger partial charge on any atom is 0.257 e. The van der Waals surface area contributed by atoms with Crippen LogP contribution in [0.4, 0.5) is 5.69 Å². The van der Waals surface area contributed by atoms with Gasteiger partial charge in [0.15, 0.2) is 5.11 Å². The number of benzene rings is 2. The van der Waals surface area contributed by atoms with Crippen molar-refractivity contribution in [2.24, 2.45) is 0 Å². The molecule has 0 fully saturated rings. The van der Waals surface area contributed by atoms with Crippen LogP contribution in [-0.4, -0.2) is 19.4 Å². The third kappa shape index (κ3) is 5.50. The molecule has 1 heterocycles. The van der Waals surface area contributed by atoms with Gasteiger partial charge in [0, 0.05) is 11.3 Å². The largest absolute Gasteiger partial charge is 0.468 e. The van der Waals surface area contributed by atoms with Gasteiger partial charge in [-0.2, -0.15) is 0 Å². The molecular weight excluding hydrogens is 410 g/mol. The van der Waals surface area contributed by atoms with Crippen molar-refractivity contribution in [3.63, 3.8) is 0 Å². The molecule has 9 heteroatoms. The molecule has 0 bridgehead atoms. The minimum absolute atomic E-state index is 0.0599. The number of rotatable bonds is 6. The lowest BCUT2D eigenvalue weighted by Crippen LogP contribution is -2.34. The zero-order chi connectivity index (χ0) is 20.9. The molecule has 1 aromatic heterocycles. The van der Waals surface area contributed by atoms with Gasteiger partial charge in [0.1, 0.15) is 5.76 Å². The van der Waals surface area contributed by atoms with Gasteiger partial charge in [0.25, 0.3) is 5.91 Å². The average molecular weight is 430 g/mol. The second-order valence-electron chi connectivity index (χ2n) is 6.15. The Bertz CT molecular complexity index is 1110. The first-order chi connectivity index (χ1) is 13.8. The number of aryl methyl sites for hydroxylation is 1. The summed E-state index contributed by atoms with van der Waals surface area (Å²) in [6.45, 7) is 1.90. The van der Waals surface area contributed by atoms with E-state index in [1.54, 1.807) is 36.4 Å². The molecule has 3 rings (SSSR count). The second-order valence-corrected chi connectivity index (χ2v) is 8.33. The number of carbonyl (C=O) groups excluding carboxylic acids is 1. The highest BCUT2D eigenvalue weighted by atomic mass is 32.2. The Balaban J connectivity index is 1.59. The first kappa shape index (κ1) is 20.7. The van der Waals surface area contributed by atoms with Crippen LogP contribution in [0.2, 0.25) is 0 Å². The number of hydrogen-bond donors (Lipinski definition) is 3. The third-order valence-corrected chi connectivity index (χ3v) is 5.68. The van der Waals surface area contributed by atoms with Crippen molar-refractivity contribution in [2.75, 3.05) is 5.32 Å². The summed E-state index contributed by atoms with van der Waals surface area (Å²) >= 11 is 5.16. The van der Waals surface area contributed by atoms with Crippen LogP contribution >= 0.6 is 12.2 Å². The molecule has 0 spiro atoms. The van der Waals surface area contributed by atoms with Crippen molar-refractivity contribution in [3.05, 3.63) is 83.8 Å². The summed E-state index contributed by atoms with van der Waals surface area (Å²) in [6.07, 6.45) is 1.48. The fraction of sp³-hybridized carbons (Fsp3) is 0.100. The van der Waals surface area contributed by atoms with E-state index in [0.29, 0.717) is 17.0 Å². The standard InChI is InChI=1S/C20H19N3O4S2/c1-14-5-2-3-7-18(14)19(24)23-20(28)22-15-8-10-17(11-9-15)29(25,26)21-13-16-6-4-12-27-16/h2-12,21H,13H2,1H3,(H2,22,23,24,28). The van der Waals surface area contributed by atoms with E-state index in [2.05, 4.69) is 15.4 Å². The van der Waals surface area contributed by atoms with Crippen LogP contribution in [0.1, 0.15) is 21.7 Å². The number of amides is 1. The summed E-state index contributed by atoms with van der Waals surface area (Å²) in [6, 6.07) is 16.6. The van der Waals surface area contributed by atoms with Crippen LogP contribution in [0.15, 0.2) is 76.2 Å². The van der Waals surface area contributed by atoms with Gasteiger partial charge in [-0.15, -0.1) is 0 Å². The normalized spacial score (nSPS) is 11.1. The van der Waals surface area contributed by atoms with Crippen molar-refractivity contribution < 1.29 is 17.6 Å². The van der Waals surface area contributed by atoms with Crippen molar-refractivity contribution in [1.29, 1.82) is 0 Å². The lowest BCUT2D eigenvalue weighted by Gasteiger charge is -2.11. The number of thiocarbonyl (C=S) groups is 1. The fourth-order valence-corrected chi connectivity index (χ4v) is 3.74. The maximum atomic E-state index is 12.3. The summed E-state index contributed by atoms with van der Waals surface area (Å²) < 4.78 is 32.3. The summed E-state index contributed by atoms with van der Waals surface area (Å²) in [5, 5.41) is 5.59. The molecule has 0 aliphatic carbocycles. The van der Waals surface area contributed by atoms with E-state index in [4.69, 9.17) is 16.6 Å². The molecule has 0 saturated heterocycles. The SMILES string of the molecule is Cc1ccccc1C(=O)NC(=S)Nc1ccc(S(=O)(=O)NCc2ccco2)cc1. The number of hydrogen-bond acceptors (Lipinski definition) is 5. The van der Waals surface area contributed by atoms with Gasteiger partial charge in [-0.25, -0.2) is 13.1 Å². The van der Waals surface area contributed by atoms with Gasteiger partial charge in [-0.3, -0.25) is 10.1 Å². The smallest absolute Gasteiger partial charge is 0.257 e. The highest BCUT2D eigenvalue weighted by Crippen LogP contribution is 2.15. The molecule has 0 aliphatic heterocycles. The van der Waals surface area contributed by atoms with Crippen molar-refractivity contribution in [1.82, 2.24) is 10.0 Å². The molecule has 0 unspecified atom stereocenters. The molecular formula is C20H19N3O4S2. The van der Waals surface area contributed by atoms with Crippen LogP contribution in [0.5, 0.6) is 0 Å². The first-order valence-corrected chi connectivity index (χ1v) is 10.5. The van der Waals surface area contributed by atoms with Gasteiger partial charge in [-0.1, -0.05) is 18.2 Å². The lowest BCUT2D eigenvalue weighted by molar-refractivity contribution is 0.0977. The van der Waals surface area contributed by atoms with Gasteiger partial charge in [-0.05, 0) is 67.2 Å². The van der Waals surface area contributed by atoms with Gasteiger partial charge >= 0.3 is 0 Å². The summed E-state index contributed by atoms with van der Waals surface area (Å²) in [5.41, 5.74) is 1.91. The van der Waals surface area contributed by atoms with Crippen molar-refractivity contribution >= 4 is 38.9 Å². The van der Waals surface area contributed by atoms with E-state index in [0.717, 1.165) is 5.56 Å². The number of sulfonamides is 1. The molecule has 150 valence electrons. The Morgan fingerprint density at radius 3 is 2.41 bits per heavy atom. The number of anilines is 1. The van der Waals surface area contributed by atoms with E-state index < -0.39 is 10.0 Å². The average Bonchev–Trinajstić information content (AvgIpc) is 3.21. The van der Waals surface area contributed by atoms with Gasteiger partial charge in [0.2, 0.25) is 10.0 Å². The summed E-state index contributed by atoms with van der Waals surface area (Å²) in [7, 11) is -3.68. The predicted octanol–water partition coefficient (Wildman–Crippen LogP) is 3.19. The van der Waals surface area contributed by atoms with Crippen LogP contribution in [0.3, 0.4) is 0 Å². The summed E-state index contributed by atoms with van der Waals surface area (Å²) in [5.74, 6) is 0.198. The molecule has 0 aliphatic rings. The molecule has 0 radical (unpaired) electrons. The van der Waals surface area contributed by atoms with Gasteiger partial charge < -0.3 is 9.73 Å². The quantitative estimate of drug-likeness (QED) is 0.521.